The first kappa shape index (κ1) is 14.5. The maximum Gasteiger partial charge on any atom is 0.123 e. The summed E-state index contributed by atoms with van der Waals surface area (Å²) >= 11 is 0. The lowest BCUT2D eigenvalue weighted by Crippen LogP contribution is -2.19. The van der Waals surface area contributed by atoms with Crippen LogP contribution in [0.25, 0.3) is 0 Å². The van der Waals surface area contributed by atoms with Gasteiger partial charge in [0.15, 0.2) is 0 Å². The molecule has 0 aliphatic heterocycles. The Balaban J connectivity index is 2.19. The lowest BCUT2D eigenvalue weighted by molar-refractivity contribution is 0.414. The predicted molar refractivity (Wildman–Crippen MR) is 79.6 cm³/mol. The Morgan fingerprint density at radius 2 is 1.85 bits per heavy atom. The van der Waals surface area contributed by atoms with Gasteiger partial charge in [0, 0.05) is 6.04 Å². The van der Waals surface area contributed by atoms with Crippen molar-refractivity contribution >= 4 is 0 Å². The lowest BCUT2D eigenvalue weighted by atomic mass is 9.96. The highest BCUT2D eigenvalue weighted by Crippen LogP contribution is 2.22. The molecule has 0 spiro atoms. The van der Waals surface area contributed by atoms with Crippen LogP contribution in [0.5, 0.6) is 5.75 Å². The maximum atomic E-state index is 13.1. The van der Waals surface area contributed by atoms with E-state index in [9.17, 15) is 4.39 Å². The Hall–Kier alpha value is -1.87. The van der Waals surface area contributed by atoms with E-state index in [0.717, 1.165) is 23.3 Å². The molecule has 0 amide bonds. The fourth-order valence-electron chi connectivity index (χ4n) is 2.33. The van der Waals surface area contributed by atoms with E-state index < -0.39 is 0 Å². The van der Waals surface area contributed by atoms with Gasteiger partial charge in [-0.2, -0.15) is 0 Å². The van der Waals surface area contributed by atoms with Gasteiger partial charge < -0.3 is 10.1 Å². The van der Waals surface area contributed by atoms with Crippen LogP contribution >= 0.6 is 0 Å². The number of halogens is 1. The van der Waals surface area contributed by atoms with Crippen LogP contribution in [0.4, 0.5) is 4.39 Å². The van der Waals surface area contributed by atoms with Crippen LogP contribution < -0.4 is 10.1 Å². The summed E-state index contributed by atoms with van der Waals surface area (Å²) in [5.74, 6) is 0.665. The maximum absolute atomic E-state index is 13.1. The molecule has 0 saturated carbocycles. The summed E-state index contributed by atoms with van der Waals surface area (Å²) < 4.78 is 18.3. The van der Waals surface area contributed by atoms with E-state index in [-0.39, 0.29) is 11.9 Å². The Kier molecular flexibility index (Phi) is 4.74. The zero-order valence-corrected chi connectivity index (χ0v) is 12.1. The fourth-order valence-corrected chi connectivity index (χ4v) is 2.33. The molecule has 1 unspecified atom stereocenters. The summed E-state index contributed by atoms with van der Waals surface area (Å²) in [5.41, 5.74) is 3.33. The highest BCUT2D eigenvalue weighted by Gasteiger charge is 2.12. The van der Waals surface area contributed by atoms with E-state index in [2.05, 4.69) is 17.4 Å². The first-order valence-corrected chi connectivity index (χ1v) is 6.70. The van der Waals surface area contributed by atoms with Gasteiger partial charge >= 0.3 is 0 Å². The van der Waals surface area contributed by atoms with Crippen molar-refractivity contribution in [2.24, 2.45) is 0 Å². The number of likely N-dealkylation sites (N-methyl/N-ethyl adjacent to an activating group) is 1. The van der Waals surface area contributed by atoms with Crippen molar-refractivity contribution < 1.29 is 9.13 Å². The summed E-state index contributed by atoms with van der Waals surface area (Å²) in [6.07, 6.45) is 0.828. The van der Waals surface area contributed by atoms with Gasteiger partial charge in [-0.1, -0.05) is 18.2 Å². The van der Waals surface area contributed by atoms with Gasteiger partial charge in [0.2, 0.25) is 0 Å². The number of benzene rings is 2. The molecule has 0 radical (unpaired) electrons. The molecule has 0 aliphatic carbocycles. The van der Waals surface area contributed by atoms with Crippen molar-refractivity contribution in [3.05, 3.63) is 65.0 Å². The Labute approximate surface area is 119 Å². The third kappa shape index (κ3) is 3.36. The van der Waals surface area contributed by atoms with Gasteiger partial charge in [0.1, 0.15) is 11.6 Å². The van der Waals surface area contributed by atoms with Crippen molar-refractivity contribution in [1.29, 1.82) is 0 Å². The molecule has 0 aromatic heterocycles. The molecule has 1 atom stereocenters. The number of nitrogens with one attached hydrogen (secondary N) is 1. The summed E-state index contributed by atoms with van der Waals surface area (Å²) in [4.78, 5) is 0. The molecule has 0 saturated heterocycles. The predicted octanol–water partition coefficient (Wildman–Crippen LogP) is 3.65. The largest absolute Gasteiger partial charge is 0.497 e. The second-order valence-corrected chi connectivity index (χ2v) is 4.89. The number of aryl methyl sites for hydroxylation is 1. The highest BCUT2D eigenvalue weighted by molar-refractivity contribution is 5.32. The molecule has 0 aliphatic rings. The summed E-state index contributed by atoms with van der Waals surface area (Å²) in [7, 11) is 3.60. The number of ether oxygens (including phenoxy) is 1. The quantitative estimate of drug-likeness (QED) is 0.898. The van der Waals surface area contributed by atoms with Gasteiger partial charge in [-0.3, -0.25) is 0 Å². The fraction of sp³-hybridized carbons (Fsp3) is 0.294. The van der Waals surface area contributed by atoms with Crippen molar-refractivity contribution in [3.8, 4) is 5.75 Å². The molecule has 2 aromatic rings. The SMILES string of the molecule is CNC(Cc1ccc(F)cc1C)c1ccc(OC)cc1. The third-order valence-corrected chi connectivity index (χ3v) is 3.60. The van der Waals surface area contributed by atoms with Crippen LogP contribution in [0.3, 0.4) is 0 Å². The summed E-state index contributed by atoms with van der Waals surface area (Å²) in [6, 6.07) is 13.2. The van der Waals surface area contributed by atoms with Crippen molar-refractivity contribution in [2.45, 2.75) is 19.4 Å². The van der Waals surface area contributed by atoms with Gasteiger partial charge in [0.05, 0.1) is 7.11 Å². The molecular formula is C17H20FNO. The summed E-state index contributed by atoms with van der Waals surface area (Å²) in [5, 5.41) is 3.31. The molecule has 20 heavy (non-hydrogen) atoms. The van der Waals surface area contributed by atoms with E-state index in [1.807, 2.05) is 32.2 Å². The molecular weight excluding hydrogens is 253 g/mol. The van der Waals surface area contributed by atoms with E-state index in [1.165, 1.54) is 11.6 Å². The van der Waals surface area contributed by atoms with Crippen LogP contribution in [0.2, 0.25) is 0 Å². The van der Waals surface area contributed by atoms with E-state index in [4.69, 9.17) is 4.74 Å². The smallest absolute Gasteiger partial charge is 0.123 e. The first-order chi connectivity index (χ1) is 9.63. The molecule has 2 nitrogen and oxygen atoms in total. The Morgan fingerprint density at radius 3 is 2.40 bits per heavy atom. The van der Waals surface area contributed by atoms with Crippen molar-refractivity contribution in [1.82, 2.24) is 5.32 Å². The molecule has 2 rings (SSSR count). The molecule has 3 heteroatoms. The average molecular weight is 273 g/mol. The molecule has 0 fully saturated rings. The van der Waals surface area contributed by atoms with E-state index in [0.29, 0.717) is 0 Å². The molecule has 106 valence electrons. The number of hydrogen-bond donors (Lipinski definition) is 1. The Bertz CT molecular complexity index is 566. The van der Waals surface area contributed by atoms with Crippen LogP contribution in [0.1, 0.15) is 22.7 Å². The molecule has 0 heterocycles. The monoisotopic (exact) mass is 273 g/mol. The standard InChI is InChI=1S/C17H20FNO/c1-12-10-15(18)7-4-14(12)11-17(19-2)13-5-8-16(20-3)9-6-13/h4-10,17,19H,11H2,1-3H3. The molecule has 0 bridgehead atoms. The van der Waals surface area contributed by atoms with E-state index >= 15 is 0 Å². The van der Waals surface area contributed by atoms with Crippen LogP contribution in [0, 0.1) is 12.7 Å². The second kappa shape index (κ2) is 6.53. The first-order valence-electron chi connectivity index (χ1n) is 6.70. The zero-order chi connectivity index (χ0) is 14.5. The van der Waals surface area contributed by atoms with Crippen LogP contribution in [-0.4, -0.2) is 14.2 Å². The van der Waals surface area contributed by atoms with Gasteiger partial charge in [-0.05, 0) is 61.3 Å². The second-order valence-electron chi connectivity index (χ2n) is 4.89. The van der Waals surface area contributed by atoms with Crippen molar-refractivity contribution in [2.75, 3.05) is 14.2 Å². The normalized spacial score (nSPS) is 12.2. The third-order valence-electron chi connectivity index (χ3n) is 3.60. The topological polar surface area (TPSA) is 21.3 Å². The van der Waals surface area contributed by atoms with E-state index in [1.54, 1.807) is 13.2 Å². The Morgan fingerprint density at radius 1 is 1.15 bits per heavy atom. The minimum absolute atomic E-state index is 0.184. The average Bonchev–Trinajstić information content (AvgIpc) is 2.47. The molecule has 1 N–H and O–H groups in total. The molecule has 2 aromatic carbocycles. The summed E-state index contributed by atoms with van der Waals surface area (Å²) in [6.45, 7) is 1.94. The van der Waals surface area contributed by atoms with Gasteiger partial charge in [-0.25, -0.2) is 4.39 Å². The minimum Gasteiger partial charge on any atom is -0.497 e. The number of rotatable bonds is 5. The van der Waals surface area contributed by atoms with Crippen LogP contribution in [0.15, 0.2) is 42.5 Å². The number of hydrogen-bond acceptors (Lipinski definition) is 2. The highest BCUT2D eigenvalue weighted by atomic mass is 19.1. The van der Waals surface area contributed by atoms with Crippen LogP contribution in [-0.2, 0) is 6.42 Å². The number of methoxy groups -OCH3 is 1. The lowest BCUT2D eigenvalue weighted by Gasteiger charge is -2.18. The minimum atomic E-state index is -0.184. The van der Waals surface area contributed by atoms with Gasteiger partial charge in [-0.15, -0.1) is 0 Å². The zero-order valence-electron chi connectivity index (χ0n) is 12.1. The van der Waals surface area contributed by atoms with Gasteiger partial charge in [0.25, 0.3) is 0 Å². The van der Waals surface area contributed by atoms with Crippen molar-refractivity contribution in [3.63, 3.8) is 0 Å².